The molecule has 0 aromatic carbocycles. The van der Waals surface area contributed by atoms with Crippen LogP contribution in [0.25, 0.3) is 0 Å². The van der Waals surface area contributed by atoms with Crippen LogP contribution in [-0.4, -0.2) is 26.6 Å². The Morgan fingerprint density at radius 1 is 1.41 bits per heavy atom. The largest absolute Gasteiger partial charge is 0.490 e. The van der Waals surface area contributed by atoms with Crippen LogP contribution in [0.2, 0.25) is 0 Å². The molecule has 0 amide bonds. The predicted octanol–water partition coefficient (Wildman–Crippen LogP) is 0.413. The fraction of sp³-hybridized carbons (Fsp3) is 0.300. The van der Waals surface area contributed by atoms with Gasteiger partial charge in [0.1, 0.15) is 12.2 Å². The van der Waals surface area contributed by atoms with E-state index in [1.165, 1.54) is 13.4 Å². The third-order valence-corrected chi connectivity index (χ3v) is 2.37. The molecule has 90 valence electrons. The van der Waals surface area contributed by atoms with Crippen molar-refractivity contribution < 1.29 is 4.74 Å². The molecule has 0 saturated heterocycles. The topological polar surface area (TPSA) is 90.9 Å². The van der Waals surface area contributed by atoms with Crippen molar-refractivity contribution in [3.8, 4) is 5.75 Å². The molecule has 0 aliphatic carbocycles. The molecule has 7 nitrogen and oxygen atoms in total. The summed E-state index contributed by atoms with van der Waals surface area (Å²) in [6, 6.07) is 0. The summed E-state index contributed by atoms with van der Waals surface area (Å²) in [6.07, 6.45) is 5.00. The highest BCUT2D eigenvalue weighted by molar-refractivity contribution is 5.61. The summed E-state index contributed by atoms with van der Waals surface area (Å²) < 4.78 is 7.06. The highest BCUT2D eigenvalue weighted by atomic mass is 16.5. The first-order valence-corrected chi connectivity index (χ1v) is 5.07. The number of nitrogens with one attached hydrogen (secondary N) is 1. The van der Waals surface area contributed by atoms with Crippen molar-refractivity contribution >= 4 is 11.6 Å². The summed E-state index contributed by atoms with van der Waals surface area (Å²) in [7, 11) is 3.45. The third kappa shape index (κ3) is 2.27. The molecule has 0 radical (unpaired) electrons. The van der Waals surface area contributed by atoms with Crippen LogP contribution in [0.3, 0.4) is 0 Å². The van der Waals surface area contributed by atoms with E-state index in [-0.39, 0.29) is 0 Å². The SMILES string of the molecule is COc1c(N)ncnc1NCc1nccn1C. The molecule has 0 bridgehead atoms. The Morgan fingerprint density at radius 3 is 2.88 bits per heavy atom. The number of nitrogen functional groups attached to an aromatic ring is 1. The zero-order chi connectivity index (χ0) is 12.3. The average molecular weight is 234 g/mol. The number of hydrogen-bond acceptors (Lipinski definition) is 6. The van der Waals surface area contributed by atoms with E-state index in [1.807, 2.05) is 17.8 Å². The molecule has 0 fully saturated rings. The summed E-state index contributed by atoms with van der Waals surface area (Å²) in [5.41, 5.74) is 5.67. The van der Waals surface area contributed by atoms with Crippen LogP contribution >= 0.6 is 0 Å². The Balaban J connectivity index is 2.14. The van der Waals surface area contributed by atoms with Gasteiger partial charge in [-0.2, -0.15) is 0 Å². The van der Waals surface area contributed by atoms with E-state index in [2.05, 4.69) is 20.3 Å². The molecule has 0 saturated carbocycles. The molecule has 2 heterocycles. The Kier molecular flexibility index (Phi) is 3.08. The van der Waals surface area contributed by atoms with E-state index >= 15 is 0 Å². The molecule has 2 aromatic heterocycles. The summed E-state index contributed by atoms with van der Waals surface area (Å²) in [6.45, 7) is 0.538. The first kappa shape index (κ1) is 11.2. The second-order valence-corrected chi connectivity index (χ2v) is 3.45. The summed E-state index contributed by atoms with van der Waals surface area (Å²) >= 11 is 0. The number of aromatic nitrogens is 4. The van der Waals surface area contributed by atoms with E-state index in [4.69, 9.17) is 10.5 Å². The van der Waals surface area contributed by atoms with Crippen LogP contribution in [0, 0.1) is 0 Å². The predicted molar refractivity (Wildman–Crippen MR) is 63.5 cm³/mol. The van der Waals surface area contributed by atoms with E-state index in [9.17, 15) is 0 Å². The zero-order valence-corrected chi connectivity index (χ0v) is 9.71. The molecule has 0 aliphatic heterocycles. The molecule has 17 heavy (non-hydrogen) atoms. The molecule has 0 unspecified atom stereocenters. The Morgan fingerprint density at radius 2 is 2.24 bits per heavy atom. The van der Waals surface area contributed by atoms with Crippen LogP contribution in [0.5, 0.6) is 5.75 Å². The maximum atomic E-state index is 5.67. The average Bonchev–Trinajstić information content (AvgIpc) is 2.72. The standard InChI is InChI=1S/C10H14N6O/c1-16-4-3-12-7(16)5-13-10-8(17-2)9(11)14-6-15-10/h3-4,6H,5H2,1-2H3,(H3,11,13,14,15). The van der Waals surface area contributed by atoms with Gasteiger partial charge in [-0.3, -0.25) is 0 Å². The van der Waals surface area contributed by atoms with Crippen LogP contribution in [-0.2, 0) is 13.6 Å². The lowest BCUT2D eigenvalue weighted by molar-refractivity contribution is 0.415. The minimum Gasteiger partial charge on any atom is -0.490 e. The number of nitrogens with two attached hydrogens (primary N) is 1. The van der Waals surface area contributed by atoms with Gasteiger partial charge in [-0.05, 0) is 0 Å². The second-order valence-electron chi connectivity index (χ2n) is 3.45. The van der Waals surface area contributed by atoms with Gasteiger partial charge in [-0.1, -0.05) is 0 Å². The monoisotopic (exact) mass is 234 g/mol. The molecule has 3 N–H and O–H groups in total. The number of rotatable bonds is 4. The Labute approximate surface area is 98.7 Å². The van der Waals surface area contributed by atoms with Gasteiger partial charge in [0.2, 0.25) is 5.75 Å². The van der Waals surface area contributed by atoms with Crippen molar-refractivity contribution in [1.29, 1.82) is 0 Å². The van der Waals surface area contributed by atoms with Gasteiger partial charge in [-0.15, -0.1) is 0 Å². The van der Waals surface area contributed by atoms with Crippen LogP contribution in [0.4, 0.5) is 11.6 Å². The van der Waals surface area contributed by atoms with Crippen LogP contribution < -0.4 is 15.8 Å². The van der Waals surface area contributed by atoms with E-state index in [1.54, 1.807) is 6.20 Å². The molecule has 7 heteroatoms. The molecule has 0 atom stereocenters. The minimum absolute atomic E-state index is 0.310. The van der Waals surface area contributed by atoms with E-state index < -0.39 is 0 Å². The number of imidazole rings is 1. The lowest BCUT2D eigenvalue weighted by Crippen LogP contribution is -2.09. The van der Waals surface area contributed by atoms with Gasteiger partial charge in [0, 0.05) is 19.4 Å². The van der Waals surface area contributed by atoms with Crippen molar-refractivity contribution in [1.82, 2.24) is 19.5 Å². The molecule has 0 aliphatic rings. The fourth-order valence-corrected chi connectivity index (χ4v) is 1.44. The number of aryl methyl sites for hydroxylation is 1. The normalized spacial score (nSPS) is 10.2. The highest BCUT2D eigenvalue weighted by Crippen LogP contribution is 2.26. The van der Waals surface area contributed by atoms with Crippen LogP contribution in [0.15, 0.2) is 18.7 Å². The molecule has 2 rings (SSSR count). The van der Waals surface area contributed by atoms with Crippen molar-refractivity contribution in [2.45, 2.75) is 6.54 Å². The number of anilines is 2. The summed E-state index contributed by atoms with van der Waals surface area (Å²) in [5.74, 6) is 2.21. The quantitative estimate of drug-likeness (QED) is 0.796. The van der Waals surface area contributed by atoms with Gasteiger partial charge in [0.25, 0.3) is 0 Å². The number of nitrogens with zero attached hydrogens (tertiary/aromatic N) is 4. The van der Waals surface area contributed by atoms with Gasteiger partial charge < -0.3 is 20.4 Å². The maximum Gasteiger partial charge on any atom is 0.203 e. The summed E-state index contributed by atoms with van der Waals surface area (Å²) in [4.78, 5) is 12.1. The molecular formula is C10H14N6O. The van der Waals surface area contributed by atoms with Gasteiger partial charge in [-0.25, -0.2) is 15.0 Å². The summed E-state index contributed by atoms with van der Waals surface area (Å²) in [5, 5.41) is 3.11. The van der Waals surface area contributed by atoms with Gasteiger partial charge in [0.15, 0.2) is 11.6 Å². The lowest BCUT2D eigenvalue weighted by Gasteiger charge is -2.10. The molecule has 0 spiro atoms. The van der Waals surface area contributed by atoms with E-state index in [0.29, 0.717) is 23.9 Å². The van der Waals surface area contributed by atoms with Crippen LogP contribution in [0.1, 0.15) is 5.82 Å². The number of methoxy groups -OCH3 is 1. The third-order valence-electron chi connectivity index (χ3n) is 2.37. The number of ether oxygens (including phenoxy) is 1. The Hall–Kier alpha value is -2.31. The second kappa shape index (κ2) is 4.69. The van der Waals surface area contributed by atoms with Gasteiger partial charge >= 0.3 is 0 Å². The fourth-order valence-electron chi connectivity index (χ4n) is 1.44. The van der Waals surface area contributed by atoms with E-state index in [0.717, 1.165) is 5.82 Å². The smallest absolute Gasteiger partial charge is 0.203 e. The highest BCUT2D eigenvalue weighted by Gasteiger charge is 2.09. The molecular weight excluding hydrogens is 220 g/mol. The van der Waals surface area contributed by atoms with Crippen molar-refractivity contribution in [3.63, 3.8) is 0 Å². The van der Waals surface area contributed by atoms with Crippen molar-refractivity contribution in [2.24, 2.45) is 7.05 Å². The first-order chi connectivity index (χ1) is 8.22. The van der Waals surface area contributed by atoms with Crippen molar-refractivity contribution in [3.05, 3.63) is 24.5 Å². The lowest BCUT2D eigenvalue weighted by atomic mass is 10.4. The number of hydrogen-bond donors (Lipinski definition) is 2. The minimum atomic E-state index is 0.310. The maximum absolute atomic E-state index is 5.67. The molecule has 2 aromatic rings. The Bertz CT molecular complexity index is 509. The van der Waals surface area contributed by atoms with Crippen molar-refractivity contribution in [2.75, 3.05) is 18.2 Å². The first-order valence-electron chi connectivity index (χ1n) is 5.07. The zero-order valence-electron chi connectivity index (χ0n) is 9.71. The van der Waals surface area contributed by atoms with Gasteiger partial charge in [0.05, 0.1) is 13.7 Å².